The molecule has 60 heavy (non-hydrogen) atoms. The van der Waals surface area contributed by atoms with E-state index in [1.807, 2.05) is 0 Å². The summed E-state index contributed by atoms with van der Waals surface area (Å²) in [5.74, 6) is 0.851. The van der Waals surface area contributed by atoms with Gasteiger partial charge in [0.2, 0.25) is 5.96 Å². The van der Waals surface area contributed by atoms with Gasteiger partial charge in [-0.05, 0) is 78.8 Å². The molecule has 304 valence electrons. The summed E-state index contributed by atoms with van der Waals surface area (Å²) in [6, 6.07) is 51.6. The normalized spacial score (nSPS) is 14.3. The van der Waals surface area contributed by atoms with E-state index in [-0.39, 0.29) is 6.04 Å². The van der Waals surface area contributed by atoms with E-state index < -0.39 is 0 Å². The second-order valence-electron chi connectivity index (χ2n) is 17.0. The number of benzene rings is 6. The maximum atomic E-state index is 5.63. The molecule has 0 saturated heterocycles. The second kappa shape index (κ2) is 18.6. The molecule has 0 radical (unpaired) electrons. The van der Waals surface area contributed by atoms with Crippen LogP contribution >= 0.6 is 0 Å². The summed E-state index contributed by atoms with van der Waals surface area (Å²) in [6.07, 6.45) is 20.2. The highest BCUT2D eigenvalue weighted by Gasteiger charge is 2.26. The summed E-state index contributed by atoms with van der Waals surface area (Å²) in [5, 5.41) is 8.95. The Labute approximate surface area is 356 Å². The zero-order chi connectivity index (χ0) is 40.7. The Morgan fingerprint density at radius 3 is 1.70 bits per heavy atom. The van der Waals surface area contributed by atoms with Crippen molar-refractivity contribution >= 4 is 55.3 Å². The Bertz CT molecular complexity index is 2780. The zero-order valence-electron chi connectivity index (χ0n) is 35.7. The van der Waals surface area contributed by atoms with E-state index in [9.17, 15) is 0 Å². The molecule has 1 unspecified atom stereocenters. The Kier molecular flexibility index (Phi) is 12.3. The summed E-state index contributed by atoms with van der Waals surface area (Å²) < 4.78 is 4.88. The van der Waals surface area contributed by atoms with E-state index in [0.29, 0.717) is 0 Å². The van der Waals surface area contributed by atoms with Crippen LogP contribution in [-0.4, -0.2) is 15.1 Å². The summed E-state index contributed by atoms with van der Waals surface area (Å²) in [6.45, 7) is 4.58. The van der Waals surface area contributed by atoms with E-state index in [4.69, 9.17) is 4.99 Å². The third-order valence-electron chi connectivity index (χ3n) is 12.7. The molecule has 0 fully saturated rings. The van der Waals surface area contributed by atoms with Crippen molar-refractivity contribution in [1.82, 2.24) is 14.5 Å². The van der Waals surface area contributed by atoms with Crippen molar-refractivity contribution in [2.75, 3.05) is 0 Å². The van der Waals surface area contributed by atoms with Crippen LogP contribution in [0.25, 0.3) is 55.0 Å². The molecular weight excluding hydrogens is 729 g/mol. The molecule has 4 heteroatoms. The van der Waals surface area contributed by atoms with E-state index in [0.717, 1.165) is 41.2 Å². The number of rotatable bonds is 17. The summed E-state index contributed by atoms with van der Waals surface area (Å²) >= 11 is 0. The molecule has 2 aromatic heterocycles. The molecule has 8 aromatic rings. The quantitative estimate of drug-likeness (QED) is 0.0916. The maximum absolute atomic E-state index is 5.63. The van der Waals surface area contributed by atoms with Crippen LogP contribution in [0.4, 0.5) is 0 Å². The van der Waals surface area contributed by atoms with Crippen molar-refractivity contribution in [1.29, 1.82) is 0 Å². The van der Waals surface area contributed by atoms with Crippen LogP contribution in [0.2, 0.25) is 0 Å². The van der Waals surface area contributed by atoms with Gasteiger partial charge >= 0.3 is 0 Å². The van der Waals surface area contributed by atoms with Crippen molar-refractivity contribution in [3.05, 3.63) is 168 Å². The number of nitrogens with one attached hydrogen (secondary N) is 1. The molecule has 0 saturated carbocycles. The van der Waals surface area contributed by atoms with Crippen LogP contribution < -0.4 is 5.32 Å². The molecule has 1 atom stereocenters. The molecule has 6 aromatic carbocycles. The lowest BCUT2D eigenvalue weighted by molar-refractivity contribution is 0.607. The third kappa shape index (κ3) is 8.17. The molecule has 0 amide bonds. The Morgan fingerprint density at radius 1 is 0.483 bits per heavy atom. The van der Waals surface area contributed by atoms with E-state index in [1.54, 1.807) is 0 Å². The van der Waals surface area contributed by atoms with Crippen LogP contribution in [0.5, 0.6) is 0 Å². The fourth-order valence-corrected chi connectivity index (χ4v) is 9.59. The van der Waals surface area contributed by atoms with Gasteiger partial charge in [-0.3, -0.25) is 4.57 Å². The minimum Gasteiger partial charge on any atom is -0.345 e. The molecule has 9 rings (SSSR count). The van der Waals surface area contributed by atoms with E-state index in [1.165, 1.54) is 132 Å². The van der Waals surface area contributed by atoms with E-state index in [2.05, 4.69) is 174 Å². The first-order chi connectivity index (χ1) is 29.7. The van der Waals surface area contributed by atoms with Gasteiger partial charge < -0.3 is 9.88 Å². The van der Waals surface area contributed by atoms with Crippen molar-refractivity contribution < 1.29 is 0 Å². The van der Waals surface area contributed by atoms with Gasteiger partial charge in [-0.1, -0.05) is 187 Å². The summed E-state index contributed by atoms with van der Waals surface area (Å²) in [4.78, 5) is 5.63. The molecular formula is C56H60N4. The molecule has 1 aliphatic rings. The smallest absolute Gasteiger partial charge is 0.209 e. The molecule has 0 bridgehead atoms. The van der Waals surface area contributed by atoms with Crippen LogP contribution in [-0.2, 0) is 12.8 Å². The van der Waals surface area contributed by atoms with Gasteiger partial charge in [0.05, 0.1) is 33.8 Å². The molecule has 1 aliphatic heterocycles. The minimum atomic E-state index is -0.0605. The molecule has 4 nitrogen and oxygen atoms in total. The lowest BCUT2D eigenvalue weighted by Gasteiger charge is -2.26. The number of unbranched alkanes of at least 4 members (excludes halogenated alkanes) is 10. The number of aryl methyl sites for hydroxylation is 2. The van der Waals surface area contributed by atoms with Gasteiger partial charge in [-0.25, -0.2) is 4.99 Å². The highest BCUT2D eigenvalue weighted by molar-refractivity contribution is 6.26. The third-order valence-corrected chi connectivity index (χ3v) is 12.7. The molecule has 3 heterocycles. The topological polar surface area (TPSA) is 34.2 Å². The van der Waals surface area contributed by atoms with Crippen LogP contribution in [0.15, 0.2) is 151 Å². The highest BCUT2D eigenvalue weighted by Crippen LogP contribution is 2.41. The Hall–Kier alpha value is -5.87. The Balaban J connectivity index is 1.19. The number of aromatic nitrogens is 2. The summed E-state index contributed by atoms with van der Waals surface area (Å²) in [7, 11) is 0. The molecule has 0 aliphatic carbocycles. The number of fused-ring (bicyclic) bond motifs is 7. The average molecular weight is 789 g/mol. The summed E-state index contributed by atoms with van der Waals surface area (Å²) in [5.41, 5.74) is 12.1. The Morgan fingerprint density at radius 2 is 1.03 bits per heavy atom. The fourth-order valence-electron chi connectivity index (χ4n) is 9.59. The number of aliphatic imine (C=N–C) groups is 1. The van der Waals surface area contributed by atoms with Crippen molar-refractivity contribution in [2.45, 2.75) is 110 Å². The molecule has 0 spiro atoms. The number of hydrogen-bond acceptors (Lipinski definition) is 2. The predicted octanol–water partition coefficient (Wildman–Crippen LogP) is 15.3. The van der Waals surface area contributed by atoms with Gasteiger partial charge in [0.15, 0.2) is 0 Å². The lowest BCUT2D eigenvalue weighted by Crippen LogP contribution is -2.35. The van der Waals surface area contributed by atoms with Gasteiger partial charge in [0.25, 0.3) is 0 Å². The zero-order valence-corrected chi connectivity index (χ0v) is 35.7. The average Bonchev–Trinajstić information content (AvgIpc) is 3.82. The fraction of sp³-hybridized carbons (Fsp3) is 0.304. The monoisotopic (exact) mass is 788 g/mol. The SMILES string of the molecule is CCCCCCCCc1cccc(C2=CC(c3cccc(CCCCCCCC)c3)NC(n3c4ccccc4c4ccc5c6ccccc6n(-c6ccccc6)c5c43)=N2)c1. The van der Waals surface area contributed by atoms with Crippen molar-refractivity contribution in [3.63, 3.8) is 0 Å². The first kappa shape index (κ1) is 39.6. The number of nitrogens with zero attached hydrogens (tertiary/aromatic N) is 3. The van der Waals surface area contributed by atoms with Crippen LogP contribution in [0, 0.1) is 0 Å². The van der Waals surface area contributed by atoms with Gasteiger partial charge in [0, 0.05) is 32.8 Å². The first-order valence-corrected chi connectivity index (χ1v) is 23.0. The van der Waals surface area contributed by atoms with E-state index >= 15 is 0 Å². The highest BCUT2D eigenvalue weighted by atomic mass is 15.2. The lowest BCUT2D eigenvalue weighted by atomic mass is 9.97. The standard InChI is InChI=1S/C56H60N4/c1-3-5-7-9-11-14-24-41-26-22-28-43(38-41)50-40-51(44-29-23-27-42(39-44)25-15-12-10-8-6-4-2)58-56(57-50)60-53-35-21-19-33-47(53)49-37-36-48-46-32-18-20-34-52(46)59(54(48)55(49)60)45-30-16-13-17-31-45/h13,16-23,26-40,50H,3-12,14-15,24-25H2,1-2H3,(H,57,58). The second-order valence-corrected chi connectivity index (χ2v) is 17.0. The van der Waals surface area contributed by atoms with Gasteiger partial charge in [-0.2, -0.15) is 0 Å². The van der Waals surface area contributed by atoms with Crippen LogP contribution in [0.1, 0.15) is 119 Å². The number of hydrogen-bond donors (Lipinski definition) is 1. The van der Waals surface area contributed by atoms with Crippen molar-refractivity contribution in [3.8, 4) is 5.69 Å². The van der Waals surface area contributed by atoms with Crippen molar-refractivity contribution in [2.24, 2.45) is 4.99 Å². The van der Waals surface area contributed by atoms with Crippen LogP contribution in [0.3, 0.4) is 0 Å². The minimum absolute atomic E-state index is 0.0605. The largest absolute Gasteiger partial charge is 0.345 e. The molecule has 1 N–H and O–H groups in total. The number of para-hydroxylation sites is 3. The predicted molar refractivity (Wildman–Crippen MR) is 258 cm³/mol. The van der Waals surface area contributed by atoms with Gasteiger partial charge in [-0.15, -0.1) is 0 Å². The maximum Gasteiger partial charge on any atom is 0.209 e. The first-order valence-electron chi connectivity index (χ1n) is 23.0. The van der Waals surface area contributed by atoms with Gasteiger partial charge in [0.1, 0.15) is 0 Å².